The van der Waals surface area contributed by atoms with Gasteiger partial charge in [-0.15, -0.1) is 0 Å². The summed E-state index contributed by atoms with van der Waals surface area (Å²) < 4.78 is 62.9. The minimum Gasteiger partial charge on any atom is -0.392 e. The lowest BCUT2D eigenvalue weighted by Gasteiger charge is -2.16. The van der Waals surface area contributed by atoms with E-state index in [0.29, 0.717) is 6.20 Å². The molecule has 17 heavy (non-hydrogen) atoms. The average molecular weight is 252 g/mol. The zero-order valence-corrected chi connectivity index (χ0v) is 8.09. The number of halogens is 5. The molecule has 0 radical (unpaired) electrons. The van der Waals surface area contributed by atoms with Gasteiger partial charge in [0.15, 0.2) is 0 Å². The molecule has 0 aliphatic heterocycles. The molecule has 1 aromatic heterocycles. The lowest BCUT2D eigenvalue weighted by Crippen LogP contribution is -2.16. The molecule has 0 atom stereocenters. The van der Waals surface area contributed by atoms with Crippen molar-refractivity contribution in [2.75, 3.05) is 0 Å². The number of alkyl halides is 5. The van der Waals surface area contributed by atoms with Crippen LogP contribution in [0.5, 0.6) is 0 Å². The van der Waals surface area contributed by atoms with Crippen LogP contribution >= 0.6 is 0 Å². The molecule has 0 amide bonds. The minimum atomic E-state index is -5.08. The van der Waals surface area contributed by atoms with E-state index in [2.05, 4.69) is 4.98 Å². The van der Waals surface area contributed by atoms with Crippen LogP contribution in [0.3, 0.4) is 0 Å². The number of aliphatic hydroxyl groups is 1. The zero-order valence-electron chi connectivity index (χ0n) is 8.09. The Morgan fingerprint density at radius 1 is 1.41 bits per heavy atom. The van der Waals surface area contributed by atoms with Gasteiger partial charge in [-0.2, -0.15) is 18.4 Å². The van der Waals surface area contributed by atoms with Crippen LogP contribution in [0, 0.1) is 11.3 Å². The van der Waals surface area contributed by atoms with Crippen LogP contribution in [0.25, 0.3) is 0 Å². The highest BCUT2D eigenvalue weighted by Gasteiger charge is 2.40. The molecule has 0 saturated carbocycles. The van der Waals surface area contributed by atoms with E-state index in [0.717, 1.165) is 0 Å². The Labute approximate surface area is 92.1 Å². The molecule has 0 aliphatic carbocycles. The predicted octanol–water partition coefficient (Wildman–Crippen LogP) is 2.40. The minimum absolute atomic E-state index is 0.563. The number of nitriles is 1. The van der Waals surface area contributed by atoms with Crippen molar-refractivity contribution >= 4 is 0 Å². The molecule has 1 aromatic rings. The van der Waals surface area contributed by atoms with E-state index in [1.54, 1.807) is 0 Å². The largest absolute Gasteiger partial charge is 0.417 e. The number of hydrogen-bond acceptors (Lipinski definition) is 3. The lowest BCUT2D eigenvalue weighted by molar-refractivity contribution is -0.140. The first-order valence-corrected chi connectivity index (χ1v) is 4.21. The van der Waals surface area contributed by atoms with Gasteiger partial charge >= 0.3 is 6.18 Å². The van der Waals surface area contributed by atoms with Crippen molar-refractivity contribution in [1.29, 1.82) is 5.26 Å². The van der Waals surface area contributed by atoms with Crippen LogP contribution in [0.2, 0.25) is 0 Å². The van der Waals surface area contributed by atoms with Gasteiger partial charge in [-0.25, -0.2) is 13.8 Å². The third kappa shape index (κ3) is 2.50. The zero-order chi connectivity index (χ0) is 13.2. The van der Waals surface area contributed by atoms with Gasteiger partial charge in [-0.3, -0.25) is 0 Å². The Morgan fingerprint density at radius 3 is 2.35 bits per heavy atom. The Balaban J connectivity index is 3.67. The van der Waals surface area contributed by atoms with E-state index >= 15 is 0 Å². The second-order valence-electron chi connectivity index (χ2n) is 2.99. The van der Waals surface area contributed by atoms with E-state index in [4.69, 9.17) is 10.4 Å². The van der Waals surface area contributed by atoms with Crippen LogP contribution in [0.4, 0.5) is 22.0 Å². The second kappa shape index (κ2) is 4.63. The summed E-state index contributed by atoms with van der Waals surface area (Å²) in [5.74, 6) is 0. The third-order valence-electron chi connectivity index (χ3n) is 1.97. The van der Waals surface area contributed by atoms with Gasteiger partial charge in [0.2, 0.25) is 0 Å². The Bertz CT molecular complexity index is 464. The van der Waals surface area contributed by atoms with Crippen molar-refractivity contribution in [3.63, 3.8) is 0 Å². The number of rotatable bonds is 2. The molecule has 0 bridgehead atoms. The van der Waals surface area contributed by atoms with Crippen LogP contribution in [-0.4, -0.2) is 10.1 Å². The second-order valence-corrected chi connectivity index (χ2v) is 2.99. The molecule has 1 N–H and O–H groups in total. The van der Waals surface area contributed by atoms with Crippen LogP contribution < -0.4 is 0 Å². The molecular weight excluding hydrogens is 247 g/mol. The SMILES string of the molecule is N#Cc1ncc(CO)c(C(F)(F)F)c1C(F)F. The molecule has 0 aromatic carbocycles. The third-order valence-corrected chi connectivity index (χ3v) is 1.97. The highest BCUT2D eigenvalue weighted by Crippen LogP contribution is 2.39. The van der Waals surface area contributed by atoms with Crippen LogP contribution in [-0.2, 0) is 12.8 Å². The molecule has 0 aliphatic rings. The maximum Gasteiger partial charge on any atom is 0.417 e. The van der Waals surface area contributed by atoms with Crippen molar-refractivity contribution in [1.82, 2.24) is 4.98 Å². The summed E-state index contributed by atoms with van der Waals surface area (Å²) in [5, 5.41) is 17.1. The van der Waals surface area contributed by atoms with E-state index < -0.39 is 41.6 Å². The fourth-order valence-corrected chi connectivity index (χ4v) is 1.32. The molecule has 1 heterocycles. The van der Waals surface area contributed by atoms with Gasteiger partial charge < -0.3 is 5.11 Å². The van der Waals surface area contributed by atoms with Crippen molar-refractivity contribution in [3.05, 3.63) is 28.6 Å². The summed E-state index contributed by atoms with van der Waals surface area (Å²) in [4.78, 5) is 3.16. The molecule has 0 saturated heterocycles. The van der Waals surface area contributed by atoms with E-state index in [9.17, 15) is 22.0 Å². The van der Waals surface area contributed by atoms with Crippen molar-refractivity contribution < 1.29 is 27.1 Å². The fourth-order valence-electron chi connectivity index (χ4n) is 1.32. The van der Waals surface area contributed by atoms with E-state index in [1.165, 1.54) is 6.07 Å². The maximum atomic E-state index is 12.6. The van der Waals surface area contributed by atoms with Crippen molar-refractivity contribution in [2.24, 2.45) is 0 Å². The summed E-state index contributed by atoms with van der Waals surface area (Å²) >= 11 is 0. The normalized spacial score (nSPS) is 11.6. The summed E-state index contributed by atoms with van der Waals surface area (Å²) in [6.07, 6.45) is -8.02. The monoisotopic (exact) mass is 252 g/mol. The molecule has 0 spiro atoms. The summed E-state index contributed by atoms with van der Waals surface area (Å²) in [6.45, 7) is -1.09. The number of hydrogen-bond donors (Lipinski definition) is 1. The smallest absolute Gasteiger partial charge is 0.392 e. The first kappa shape index (κ1) is 13.3. The summed E-state index contributed by atoms with van der Waals surface area (Å²) in [5.41, 5.74) is -4.97. The number of pyridine rings is 1. The Kier molecular flexibility index (Phi) is 3.63. The van der Waals surface area contributed by atoms with Crippen molar-refractivity contribution in [3.8, 4) is 6.07 Å². The molecule has 1 rings (SSSR count). The Hall–Kier alpha value is -1.75. The van der Waals surface area contributed by atoms with Gasteiger partial charge in [0.25, 0.3) is 6.43 Å². The standard InChI is InChI=1S/C9H5F5N2O/c10-8(11)6-5(1-15)16-2-4(3-17)7(6)9(12,13)14/h2,8,17H,3H2. The van der Waals surface area contributed by atoms with Crippen LogP contribution in [0.15, 0.2) is 6.20 Å². The number of aromatic nitrogens is 1. The lowest BCUT2D eigenvalue weighted by atomic mass is 10.0. The topological polar surface area (TPSA) is 56.9 Å². The average Bonchev–Trinajstić information content (AvgIpc) is 2.25. The summed E-state index contributed by atoms with van der Waals surface area (Å²) in [6, 6.07) is 1.17. The van der Waals surface area contributed by atoms with Gasteiger partial charge in [-0.1, -0.05) is 0 Å². The molecule has 3 nitrogen and oxygen atoms in total. The van der Waals surface area contributed by atoms with Gasteiger partial charge in [0.1, 0.15) is 11.8 Å². The van der Waals surface area contributed by atoms with Gasteiger partial charge in [0, 0.05) is 11.8 Å². The molecule has 8 heteroatoms. The Morgan fingerprint density at radius 2 is 2.00 bits per heavy atom. The maximum absolute atomic E-state index is 12.6. The molecule has 0 fully saturated rings. The van der Waals surface area contributed by atoms with Gasteiger partial charge in [0.05, 0.1) is 17.7 Å². The molecule has 92 valence electrons. The predicted molar refractivity (Wildman–Crippen MR) is 44.8 cm³/mol. The summed E-state index contributed by atoms with van der Waals surface area (Å²) in [7, 11) is 0. The van der Waals surface area contributed by atoms with Gasteiger partial charge in [-0.05, 0) is 0 Å². The highest BCUT2D eigenvalue weighted by molar-refractivity contribution is 5.44. The van der Waals surface area contributed by atoms with Crippen LogP contribution in [0.1, 0.15) is 28.8 Å². The quantitative estimate of drug-likeness (QED) is 0.822. The number of nitrogens with zero attached hydrogens (tertiary/aromatic N) is 2. The van der Waals surface area contributed by atoms with E-state index in [1.807, 2.05) is 0 Å². The first-order chi connectivity index (χ1) is 7.82. The molecule has 0 unspecified atom stereocenters. The van der Waals surface area contributed by atoms with E-state index in [-0.39, 0.29) is 0 Å². The highest BCUT2D eigenvalue weighted by atomic mass is 19.4. The number of aliphatic hydroxyl groups excluding tert-OH is 1. The van der Waals surface area contributed by atoms with Crippen molar-refractivity contribution in [2.45, 2.75) is 19.2 Å². The molecular formula is C9H5F5N2O. The first-order valence-electron chi connectivity index (χ1n) is 4.21. The fraction of sp³-hybridized carbons (Fsp3) is 0.333.